The fourth-order valence-corrected chi connectivity index (χ4v) is 3.11. The number of hydrogen-bond donors (Lipinski definition) is 1. The van der Waals surface area contributed by atoms with Gasteiger partial charge in [-0.2, -0.15) is 0 Å². The molecule has 14 heavy (non-hydrogen) atoms. The summed E-state index contributed by atoms with van der Waals surface area (Å²) in [6.45, 7) is 2.24. The molecule has 0 aromatic rings. The summed E-state index contributed by atoms with van der Waals surface area (Å²) in [4.78, 5) is 13.3. The number of rotatable bonds is 2. The third kappa shape index (κ3) is 1.78. The van der Waals surface area contributed by atoms with Crippen molar-refractivity contribution >= 4 is 5.97 Å². The van der Waals surface area contributed by atoms with Crippen LogP contribution in [0.15, 0.2) is 0 Å². The standard InChI is InChI=1S/C11H19NO2/c13-10(14)9-11-5-1-3-7-12(11)8-4-2-6-11/h1-9H2,(H,13,14). The van der Waals surface area contributed by atoms with E-state index in [0.717, 1.165) is 25.9 Å². The smallest absolute Gasteiger partial charge is 0.305 e. The van der Waals surface area contributed by atoms with Gasteiger partial charge in [-0.05, 0) is 38.8 Å². The van der Waals surface area contributed by atoms with Gasteiger partial charge in [0.2, 0.25) is 0 Å². The van der Waals surface area contributed by atoms with Crippen molar-refractivity contribution in [2.24, 2.45) is 0 Å². The molecule has 0 aromatic heterocycles. The van der Waals surface area contributed by atoms with Crippen LogP contribution in [0.2, 0.25) is 0 Å². The normalized spacial score (nSPS) is 26.9. The molecule has 0 amide bonds. The Morgan fingerprint density at radius 1 is 1.14 bits per heavy atom. The summed E-state index contributed by atoms with van der Waals surface area (Å²) in [7, 11) is 0. The molecule has 2 rings (SSSR count). The van der Waals surface area contributed by atoms with Crippen LogP contribution < -0.4 is 0 Å². The first-order valence-corrected chi connectivity index (χ1v) is 5.70. The maximum absolute atomic E-state index is 10.9. The molecule has 3 heteroatoms. The molecule has 2 aliphatic rings. The molecule has 0 bridgehead atoms. The third-order valence-corrected chi connectivity index (χ3v) is 3.79. The maximum atomic E-state index is 10.9. The molecule has 2 fully saturated rings. The lowest BCUT2D eigenvalue weighted by atomic mass is 9.77. The number of carboxylic acid groups (broad SMARTS) is 1. The van der Waals surface area contributed by atoms with E-state index >= 15 is 0 Å². The summed E-state index contributed by atoms with van der Waals surface area (Å²) in [6, 6.07) is 0. The quantitative estimate of drug-likeness (QED) is 0.734. The molecule has 3 nitrogen and oxygen atoms in total. The van der Waals surface area contributed by atoms with Crippen molar-refractivity contribution in [3.8, 4) is 0 Å². The van der Waals surface area contributed by atoms with Crippen LogP contribution >= 0.6 is 0 Å². The summed E-state index contributed by atoms with van der Waals surface area (Å²) in [6.07, 6.45) is 7.47. The highest BCUT2D eigenvalue weighted by atomic mass is 16.4. The Bertz CT molecular complexity index is 215. The van der Waals surface area contributed by atoms with Crippen LogP contribution in [-0.4, -0.2) is 34.6 Å². The number of piperidine rings is 2. The summed E-state index contributed by atoms with van der Waals surface area (Å²) >= 11 is 0. The zero-order valence-electron chi connectivity index (χ0n) is 8.67. The molecule has 0 atom stereocenters. The van der Waals surface area contributed by atoms with Crippen molar-refractivity contribution in [2.45, 2.75) is 50.5 Å². The van der Waals surface area contributed by atoms with Crippen molar-refractivity contribution < 1.29 is 9.90 Å². The van der Waals surface area contributed by atoms with Crippen molar-refractivity contribution in [3.05, 3.63) is 0 Å². The highest BCUT2D eigenvalue weighted by Crippen LogP contribution is 2.38. The molecule has 0 unspecified atom stereocenters. The van der Waals surface area contributed by atoms with E-state index in [1.807, 2.05) is 0 Å². The Hall–Kier alpha value is -0.570. The number of carboxylic acids is 1. The first-order chi connectivity index (χ1) is 6.73. The van der Waals surface area contributed by atoms with Gasteiger partial charge in [0.15, 0.2) is 0 Å². The average molecular weight is 197 g/mol. The fraction of sp³-hybridized carbons (Fsp3) is 0.909. The highest BCUT2D eigenvalue weighted by Gasteiger charge is 2.41. The molecule has 0 aliphatic carbocycles. The molecule has 0 aromatic carbocycles. The van der Waals surface area contributed by atoms with Crippen LogP contribution in [0.1, 0.15) is 44.9 Å². The lowest BCUT2D eigenvalue weighted by molar-refractivity contribution is -0.142. The van der Waals surface area contributed by atoms with Gasteiger partial charge in [0.1, 0.15) is 0 Å². The van der Waals surface area contributed by atoms with Crippen LogP contribution in [0.3, 0.4) is 0 Å². The van der Waals surface area contributed by atoms with Gasteiger partial charge in [-0.3, -0.25) is 9.69 Å². The molecule has 1 N–H and O–H groups in total. The van der Waals surface area contributed by atoms with Gasteiger partial charge in [0, 0.05) is 5.54 Å². The predicted molar refractivity (Wildman–Crippen MR) is 54.3 cm³/mol. The number of nitrogens with zero attached hydrogens (tertiary/aromatic N) is 1. The molecule has 2 heterocycles. The highest BCUT2D eigenvalue weighted by molar-refractivity contribution is 5.68. The summed E-state index contributed by atoms with van der Waals surface area (Å²) in [5.41, 5.74) is 0.0301. The largest absolute Gasteiger partial charge is 0.481 e. The second-order valence-corrected chi connectivity index (χ2v) is 4.70. The van der Waals surface area contributed by atoms with Gasteiger partial charge < -0.3 is 5.11 Å². The zero-order chi connectivity index (χ0) is 10.0. The topological polar surface area (TPSA) is 40.5 Å². The Morgan fingerprint density at radius 3 is 2.21 bits per heavy atom. The molecule has 0 spiro atoms. The molecule has 0 radical (unpaired) electrons. The monoisotopic (exact) mass is 197 g/mol. The van der Waals surface area contributed by atoms with Crippen LogP contribution in [0, 0.1) is 0 Å². The molecule has 0 saturated carbocycles. The van der Waals surface area contributed by atoms with Gasteiger partial charge in [-0.15, -0.1) is 0 Å². The average Bonchev–Trinajstić information content (AvgIpc) is 2.16. The molecule has 2 saturated heterocycles. The molecule has 80 valence electrons. The minimum absolute atomic E-state index is 0.0301. The van der Waals surface area contributed by atoms with E-state index in [-0.39, 0.29) is 5.54 Å². The lowest BCUT2D eigenvalue weighted by Crippen LogP contribution is -2.55. The zero-order valence-corrected chi connectivity index (χ0v) is 8.67. The SMILES string of the molecule is O=C(O)CC12CCCCN1CCCC2. The van der Waals surface area contributed by atoms with Crippen LogP contribution in [0.4, 0.5) is 0 Å². The number of fused-ring (bicyclic) bond motifs is 1. The number of aliphatic carboxylic acids is 1. The maximum Gasteiger partial charge on any atom is 0.305 e. The second kappa shape index (κ2) is 3.89. The summed E-state index contributed by atoms with van der Waals surface area (Å²) in [5.74, 6) is -0.626. The summed E-state index contributed by atoms with van der Waals surface area (Å²) < 4.78 is 0. The van der Waals surface area contributed by atoms with E-state index in [1.54, 1.807) is 0 Å². The van der Waals surface area contributed by atoms with Gasteiger partial charge in [-0.25, -0.2) is 0 Å². The minimum atomic E-state index is -0.626. The third-order valence-electron chi connectivity index (χ3n) is 3.79. The second-order valence-electron chi connectivity index (χ2n) is 4.70. The molecular weight excluding hydrogens is 178 g/mol. The van der Waals surface area contributed by atoms with Gasteiger partial charge in [0.05, 0.1) is 6.42 Å². The van der Waals surface area contributed by atoms with Crippen molar-refractivity contribution in [2.75, 3.05) is 13.1 Å². The molecule has 2 aliphatic heterocycles. The van der Waals surface area contributed by atoms with E-state index in [0.29, 0.717) is 6.42 Å². The van der Waals surface area contributed by atoms with Crippen LogP contribution in [-0.2, 0) is 4.79 Å². The predicted octanol–water partition coefficient (Wildman–Crippen LogP) is 1.87. The van der Waals surface area contributed by atoms with E-state index in [4.69, 9.17) is 5.11 Å². The molecular formula is C11H19NO2. The van der Waals surface area contributed by atoms with E-state index in [2.05, 4.69) is 4.90 Å². The minimum Gasteiger partial charge on any atom is -0.481 e. The van der Waals surface area contributed by atoms with E-state index in [1.165, 1.54) is 25.7 Å². The first-order valence-electron chi connectivity index (χ1n) is 5.70. The number of carbonyl (C=O) groups is 1. The Morgan fingerprint density at radius 2 is 1.71 bits per heavy atom. The Kier molecular flexibility index (Phi) is 2.77. The number of hydrogen-bond acceptors (Lipinski definition) is 2. The van der Waals surface area contributed by atoms with Crippen LogP contribution in [0.5, 0.6) is 0 Å². The van der Waals surface area contributed by atoms with E-state index in [9.17, 15) is 4.79 Å². The van der Waals surface area contributed by atoms with E-state index < -0.39 is 5.97 Å². The van der Waals surface area contributed by atoms with Gasteiger partial charge in [0.25, 0.3) is 0 Å². The lowest BCUT2D eigenvalue weighted by Gasteiger charge is -2.49. The summed E-state index contributed by atoms with van der Waals surface area (Å²) in [5, 5.41) is 8.97. The van der Waals surface area contributed by atoms with Gasteiger partial charge in [-0.1, -0.05) is 12.8 Å². The van der Waals surface area contributed by atoms with Crippen LogP contribution in [0.25, 0.3) is 0 Å². The Balaban J connectivity index is 2.11. The van der Waals surface area contributed by atoms with Crippen molar-refractivity contribution in [1.82, 2.24) is 4.90 Å². The van der Waals surface area contributed by atoms with Crippen molar-refractivity contribution in [1.29, 1.82) is 0 Å². The Labute approximate surface area is 85.1 Å². The van der Waals surface area contributed by atoms with Crippen molar-refractivity contribution in [3.63, 3.8) is 0 Å². The van der Waals surface area contributed by atoms with Gasteiger partial charge >= 0.3 is 5.97 Å². The first kappa shape index (κ1) is 9.97. The fourth-order valence-electron chi connectivity index (χ4n) is 3.11.